The third-order valence-corrected chi connectivity index (χ3v) is 3.51. The maximum atomic E-state index is 11.2. The molecule has 0 spiro atoms. The van der Waals surface area contributed by atoms with Crippen molar-refractivity contribution in [1.29, 1.82) is 0 Å². The predicted molar refractivity (Wildman–Crippen MR) is 77.9 cm³/mol. The van der Waals surface area contributed by atoms with Crippen molar-refractivity contribution in [2.45, 2.75) is 33.9 Å². The molecule has 6 nitrogen and oxygen atoms in total. The zero-order valence-corrected chi connectivity index (χ0v) is 12.8. The van der Waals surface area contributed by atoms with E-state index >= 15 is 0 Å². The summed E-state index contributed by atoms with van der Waals surface area (Å²) in [6, 6.07) is 3.30. The Kier molecular flexibility index (Phi) is 4.47. The van der Waals surface area contributed by atoms with Crippen LogP contribution in [-0.4, -0.2) is 25.8 Å². The summed E-state index contributed by atoms with van der Waals surface area (Å²) in [6.07, 6.45) is 0. The van der Waals surface area contributed by atoms with Gasteiger partial charge >= 0.3 is 5.97 Å². The minimum atomic E-state index is -1.13. The summed E-state index contributed by atoms with van der Waals surface area (Å²) in [7, 11) is 0. The molecular formula is C14H16ClN3O3. The number of rotatable bonds is 5. The molecule has 0 bridgehead atoms. The van der Waals surface area contributed by atoms with Crippen LogP contribution in [0.1, 0.15) is 34.5 Å². The zero-order chi connectivity index (χ0) is 15.6. The van der Waals surface area contributed by atoms with Gasteiger partial charge in [-0.1, -0.05) is 11.6 Å². The van der Waals surface area contributed by atoms with Crippen molar-refractivity contribution >= 4 is 17.6 Å². The standard InChI is InChI=1S/C14H16ClN3O3/c1-4-18-10(12(15)9(3)17-18)7-21-11-6-5-8(2)16-13(11)14(19)20/h5-6H,4,7H2,1-3H3,(H,19,20). The number of carboxylic acids is 1. The van der Waals surface area contributed by atoms with Gasteiger partial charge in [0.1, 0.15) is 6.61 Å². The molecule has 0 aliphatic carbocycles. The quantitative estimate of drug-likeness (QED) is 0.919. The molecule has 0 atom stereocenters. The molecule has 0 unspecified atom stereocenters. The Labute approximate surface area is 127 Å². The van der Waals surface area contributed by atoms with E-state index in [4.69, 9.17) is 21.4 Å². The topological polar surface area (TPSA) is 77.2 Å². The van der Waals surface area contributed by atoms with E-state index < -0.39 is 5.97 Å². The van der Waals surface area contributed by atoms with Gasteiger partial charge in [0.2, 0.25) is 0 Å². The maximum Gasteiger partial charge on any atom is 0.358 e. The van der Waals surface area contributed by atoms with Gasteiger partial charge in [0.15, 0.2) is 11.4 Å². The second-order valence-electron chi connectivity index (χ2n) is 4.56. The van der Waals surface area contributed by atoms with Crippen LogP contribution >= 0.6 is 11.6 Å². The number of aromatic nitrogens is 3. The Bertz CT molecular complexity index is 682. The van der Waals surface area contributed by atoms with E-state index in [0.29, 0.717) is 23.0 Å². The third kappa shape index (κ3) is 3.16. The van der Waals surface area contributed by atoms with Crippen molar-refractivity contribution in [3.63, 3.8) is 0 Å². The molecule has 21 heavy (non-hydrogen) atoms. The Hall–Kier alpha value is -2.08. The fourth-order valence-corrected chi connectivity index (χ4v) is 2.16. The van der Waals surface area contributed by atoms with Crippen LogP contribution in [0.25, 0.3) is 0 Å². The number of carboxylic acid groups (broad SMARTS) is 1. The van der Waals surface area contributed by atoms with Gasteiger partial charge in [-0.15, -0.1) is 0 Å². The first-order valence-corrected chi connectivity index (χ1v) is 6.87. The van der Waals surface area contributed by atoms with E-state index in [1.807, 2.05) is 13.8 Å². The van der Waals surface area contributed by atoms with Crippen molar-refractivity contribution in [1.82, 2.24) is 14.8 Å². The van der Waals surface area contributed by atoms with E-state index in [2.05, 4.69) is 10.1 Å². The summed E-state index contributed by atoms with van der Waals surface area (Å²) in [6.45, 7) is 6.28. The fraction of sp³-hybridized carbons (Fsp3) is 0.357. The van der Waals surface area contributed by atoms with Gasteiger partial charge in [-0.05, 0) is 32.9 Å². The molecule has 0 saturated heterocycles. The van der Waals surface area contributed by atoms with Crippen molar-refractivity contribution in [3.8, 4) is 5.75 Å². The van der Waals surface area contributed by atoms with Crippen LogP contribution < -0.4 is 4.74 Å². The molecule has 0 saturated carbocycles. The van der Waals surface area contributed by atoms with Gasteiger partial charge in [0.05, 0.1) is 16.4 Å². The lowest BCUT2D eigenvalue weighted by Gasteiger charge is -2.10. The largest absolute Gasteiger partial charge is 0.485 e. The van der Waals surface area contributed by atoms with Crippen molar-refractivity contribution in [3.05, 3.63) is 39.9 Å². The molecule has 2 aromatic rings. The Morgan fingerprint density at radius 2 is 2.14 bits per heavy atom. The first kappa shape index (κ1) is 15.3. The average molecular weight is 310 g/mol. The first-order chi connectivity index (χ1) is 9.93. The highest BCUT2D eigenvalue weighted by molar-refractivity contribution is 6.31. The minimum Gasteiger partial charge on any atom is -0.485 e. The molecule has 2 aromatic heterocycles. The summed E-state index contributed by atoms with van der Waals surface area (Å²) in [5.74, 6) is -0.911. The van der Waals surface area contributed by atoms with Crippen molar-refractivity contribution in [2.24, 2.45) is 0 Å². The summed E-state index contributed by atoms with van der Waals surface area (Å²) < 4.78 is 7.32. The van der Waals surface area contributed by atoms with Crippen LogP contribution in [0.3, 0.4) is 0 Å². The molecule has 0 aliphatic rings. The third-order valence-electron chi connectivity index (χ3n) is 3.02. The van der Waals surface area contributed by atoms with Crippen LogP contribution in [0.4, 0.5) is 0 Å². The van der Waals surface area contributed by atoms with Crippen molar-refractivity contribution in [2.75, 3.05) is 0 Å². The Morgan fingerprint density at radius 3 is 2.76 bits per heavy atom. The summed E-state index contributed by atoms with van der Waals surface area (Å²) >= 11 is 6.19. The number of nitrogens with zero attached hydrogens (tertiary/aromatic N) is 3. The van der Waals surface area contributed by atoms with E-state index in [-0.39, 0.29) is 18.1 Å². The molecule has 1 N–H and O–H groups in total. The van der Waals surface area contributed by atoms with Gasteiger partial charge in [-0.2, -0.15) is 5.10 Å². The maximum absolute atomic E-state index is 11.2. The number of ether oxygens (including phenoxy) is 1. The second kappa shape index (κ2) is 6.13. The van der Waals surface area contributed by atoms with E-state index in [9.17, 15) is 4.79 Å². The van der Waals surface area contributed by atoms with Crippen LogP contribution in [0, 0.1) is 13.8 Å². The number of pyridine rings is 1. The fourth-order valence-electron chi connectivity index (χ4n) is 1.97. The summed E-state index contributed by atoms with van der Waals surface area (Å²) in [5.41, 5.74) is 1.95. The second-order valence-corrected chi connectivity index (χ2v) is 4.93. The Morgan fingerprint density at radius 1 is 1.43 bits per heavy atom. The summed E-state index contributed by atoms with van der Waals surface area (Å²) in [4.78, 5) is 15.2. The van der Waals surface area contributed by atoms with Crippen molar-refractivity contribution < 1.29 is 14.6 Å². The van der Waals surface area contributed by atoms with E-state index in [0.717, 1.165) is 5.69 Å². The lowest BCUT2D eigenvalue weighted by molar-refractivity contribution is 0.0684. The number of carbonyl (C=O) groups is 1. The van der Waals surface area contributed by atoms with Crippen LogP contribution in [0.15, 0.2) is 12.1 Å². The number of aromatic carboxylic acids is 1. The lowest BCUT2D eigenvalue weighted by atomic mass is 10.3. The first-order valence-electron chi connectivity index (χ1n) is 6.49. The highest BCUT2D eigenvalue weighted by atomic mass is 35.5. The minimum absolute atomic E-state index is 0.106. The normalized spacial score (nSPS) is 10.7. The number of hydrogen-bond donors (Lipinski definition) is 1. The molecule has 0 radical (unpaired) electrons. The number of halogens is 1. The zero-order valence-electron chi connectivity index (χ0n) is 12.1. The SMILES string of the molecule is CCn1nc(C)c(Cl)c1COc1ccc(C)nc1C(=O)O. The highest BCUT2D eigenvalue weighted by Gasteiger charge is 2.17. The molecule has 2 rings (SSSR count). The van der Waals surface area contributed by atoms with Gasteiger partial charge in [0.25, 0.3) is 0 Å². The van der Waals surface area contributed by atoms with Crippen LogP contribution in [0.5, 0.6) is 5.75 Å². The van der Waals surface area contributed by atoms with Crippen LogP contribution in [-0.2, 0) is 13.2 Å². The molecule has 0 aromatic carbocycles. The molecular weight excluding hydrogens is 294 g/mol. The van der Waals surface area contributed by atoms with Crippen LogP contribution in [0.2, 0.25) is 5.02 Å². The monoisotopic (exact) mass is 309 g/mol. The molecule has 2 heterocycles. The Balaban J connectivity index is 2.27. The summed E-state index contributed by atoms with van der Waals surface area (Å²) in [5, 5.41) is 14.0. The lowest BCUT2D eigenvalue weighted by Crippen LogP contribution is -2.10. The van der Waals surface area contributed by atoms with Gasteiger partial charge in [-0.25, -0.2) is 9.78 Å². The smallest absolute Gasteiger partial charge is 0.358 e. The average Bonchev–Trinajstić information content (AvgIpc) is 2.72. The van der Waals surface area contributed by atoms with Gasteiger partial charge in [-0.3, -0.25) is 4.68 Å². The van der Waals surface area contributed by atoms with E-state index in [1.54, 1.807) is 23.7 Å². The van der Waals surface area contributed by atoms with Gasteiger partial charge in [0, 0.05) is 12.2 Å². The molecule has 112 valence electrons. The molecule has 7 heteroatoms. The number of aryl methyl sites for hydroxylation is 3. The predicted octanol–water partition coefficient (Wildman–Crippen LogP) is 2.85. The molecule has 0 amide bonds. The highest BCUT2D eigenvalue weighted by Crippen LogP contribution is 2.23. The van der Waals surface area contributed by atoms with E-state index in [1.165, 1.54) is 0 Å². The molecule has 0 aliphatic heterocycles. The number of hydrogen-bond acceptors (Lipinski definition) is 4. The van der Waals surface area contributed by atoms with Gasteiger partial charge < -0.3 is 9.84 Å². The molecule has 0 fully saturated rings.